The lowest BCUT2D eigenvalue weighted by Crippen LogP contribution is -2.64. The number of cyclic esters (lactones) is 1. The quantitative estimate of drug-likeness (QED) is 0.136. The van der Waals surface area contributed by atoms with Crippen LogP contribution in [0.25, 0.3) is 27.7 Å². The van der Waals surface area contributed by atoms with Crippen LogP contribution >= 0.6 is 23.1 Å². The van der Waals surface area contributed by atoms with Crippen molar-refractivity contribution in [1.82, 2.24) is 20.0 Å². The molecule has 1 aromatic carbocycles. The number of rotatable bonds is 8. The van der Waals surface area contributed by atoms with Gasteiger partial charge < -0.3 is 19.8 Å². The van der Waals surface area contributed by atoms with Crippen LogP contribution < -0.4 is 11.2 Å². The van der Waals surface area contributed by atoms with Gasteiger partial charge in [0.2, 0.25) is 5.91 Å². The molecular formula is C44H54N6O5S2. The maximum absolute atomic E-state index is 14.8. The topological polar surface area (TPSA) is 153 Å². The number of nitrogens with one attached hydrogen (secondary N) is 1. The number of thioether (sulfide) groups is 1. The molecule has 2 saturated heterocycles. The van der Waals surface area contributed by atoms with Gasteiger partial charge in [-0.2, -0.15) is 5.26 Å². The third-order valence-corrected chi connectivity index (χ3v) is 15.2. The van der Waals surface area contributed by atoms with Gasteiger partial charge in [0.05, 0.1) is 46.1 Å². The Morgan fingerprint density at radius 2 is 2.00 bits per heavy atom. The maximum Gasteiger partial charge on any atom is 0.324 e. The molecule has 1 amide bonds. The van der Waals surface area contributed by atoms with Gasteiger partial charge in [0, 0.05) is 77.0 Å². The van der Waals surface area contributed by atoms with Gasteiger partial charge in [0.15, 0.2) is 4.93 Å². The molecule has 13 heteroatoms. The summed E-state index contributed by atoms with van der Waals surface area (Å²) in [4.78, 5) is 47.3. The van der Waals surface area contributed by atoms with Crippen LogP contribution in [-0.2, 0) is 43.2 Å². The molecule has 3 aromatic rings. The largest absolute Gasteiger partial charge is 0.464 e. The Bertz CT molecular complexity index is 2210. The highest BCUT2D eigenvalue weighted by Crippen LogP contribution is 2.55. The summed E-state index contributed by atoms with van der Waals surface area (Å²) >= 11 is 3.21. The smallest absolute Gasteiger partial charge is 0.324 e. The van der Waals surface area contributed by atoms with Crippen LogP contribution in [-0.4, -0.2) is 69.2 Å². The number of methoxy groups -OCH3 is 1. The number of carbonyl (C=O) groups excluding carboxylic acids is 3. The normalized spacial score (nSPS) is 30.3. The van der Waals surface area contributed by atoms with Crippen molar-refractivity contribution in [3.63, 3.8) is 0 Å². The first-order valence-electron chi connectivity index (χ1n) is 20.5. The van der Waals surface area contributed by atoms with Gasteiger partial charge in [-0.1, -0.05) is 39.0 Å². The fraction of sp³-hybridized carbons (Fsp3) is 0.568. The van der Waals surface area contributed by atoms with Gasteiger partial charge in [0.25, 0.3) is 0 Å². The number of ether oxygens (including phenoxy) is 2. The van der Waals surface area contributed by atoms with E-state index in [2.05, 4.69) is 79.5 Å². The van der Waals surface area contributed by atoms with Gasteiger partial charge in [-0.05, 0) is 76.0 Å². The number of nitrogens with zero attached hydrogens (tertiary/aromatic N) is 4. The monoisotopic (exact) mass is 810 g/mol. The van der Waals surface area contributed by atoms with Crippen molar-refractivity contribution in [1.29, 1.82) is 5.26 Å². The summed E-state index contributed by atoms with van der Waals surface area (Å²) in [6.45, 7) is 9.82. The Hall–Kier alpha value is -3.96. The van der Waals surface area contributed by atoms with E-state index < -0.39 is 33.7 Å². The summed E-state index contributed by atoms with van der Waals surface area (Å²) in [7, 11) is 1.72. The lowest BCUT2D eigenvalue weighted by Gasteiger charge is -2.51. The lowest BCUT2D eigenvalue weighted by molar-refractivity contribution is -0.170. The Labute approximate surface area is 343 Å². The number of amides is 1. The summed E-state index contributed by atoms with van der Waals surface area (Å²) in [6.07, 6.45) is 9.75. The average Bonchev–Trinajstić information content (AvgIpc) is 3.76. The van der Waals surface area contributed by atoms with Crippen molar-refractivity contribution in [2.24, 2.45) is 34.3 Å². The highest BCUT2D eigenvalue weighted by atomic mass is 32.2. The van der Waals surface area contributed by atoms with E-state index in [0.29, 0.717) is 70.2 Å². The van der Waals surface area contributed by atoms with Crippen molar-refractivity contribution < 1.29 is 23.9 Å². The molecule has 2 saturated carbocycles. The van der Waals surface area contributed by atoms with Gasteiger partial charge >= 0.3 is 5.97 Å². The van der Waals surface area contributed by atoms with Crippen molar-refractivity contribution in [3.8, 4) is 17.3 Å². The maximum atomic E-state index is 14.8. The average molecular weight is 811 g/mol. The van der Waals surface area contributed by atoms with Crippen LogP contribution in [0.2, 0.25) is 0 Å². The summed E-state index contributed by atoms with van der Waals surface area (Å²) in [5.74, 6) is -0.895. The first-order chi connectivity index (χ1) is 27.4. The number of hydrazine groups is 1. The number of thiazole rings is 1. The number of hydrogen-bond donors (Lipinski definition) is 2. The number of benzene rings is 1. The van der Waals surface area contributed by atoms with Gasteiger partial charge in [-0.25, -0.2) is 10.4 Å². The standard InChI is InChI=1S/C44H54N6O5S2/c1-6-8-10-29(39(46)44(54-5)25-57-44)37-31-20-42(3,4)24-55-40(52)33-11-9-18-50(48-33)41(53)43(17-16-32(43)38(51)28-14-12-27(28)22-45)21-36-47-34(23-56-36)26-13-15-35(30(31)19-26)49(37)7-2/h8,10,13,15,19,23,27-28,32-33,48H,6-7,9,11-12,14,16-18,20-21,24-25,46H2,1-5H3/b10-8-,39-29+/t27?,28?,32?,33?,43-,44-/m1/s1. The molecule has 2 aliphatic carbocycles. The highest BCUT2D eigenvalue weighted by molar-refractivity contribution is 8.07. The van der Waals surface area contributed by atoms with E-state index in [0.717, 1.165) is 56.2 Å². The minimum absolute atomic E-state index is 0.0234. The van der Waals surface area contributed by atoms with Gasteiger partial charge in [-0.3, -0.25) is 19.4 Å². The number of hydrogen-bond acceptors (Lipinski definition) is 11. The first kappa shape index (κ1) is 39.8. The fourth-order valence-corrected chi connectivity index (χ4v) is 11.2. The number of carbonyl (C=O) groups is 3. The Morgan fingerprint density at radius 1 is 1.19 bits per heavy atom. The molecule has 2 aromatic heterocycles. The third kappa shape index (κ3) is 6.94. The van der Waals surface area contributed by atoms with Gasteiger partial charge in [0.1, 0.15) is 11.8 Å². The molecule has 3 aliphatic heterocycles. The molecule has 57 heavy (non-hydrogen) atoms. The predicted molar refractivity (Wildman–Crippen MR) is 223 cm³/mol. The molecule has 4 unspecified atom stereocenters. The molecule has 6 atom stereocenters. The third-order valence-electron chi connectivity index (χ3n) is 13.1. The molecule has 1 spiro atoms. The van der Waals surface area contributed by atoms with Crippen LogP contribution in [0.15, 0.2) is 41.4 Å². The molecule has 0 radical (unpaired) electrons. The summed E-state index contributed by atoms with van der Waals surface area (Å²) < 4.78 is 14.5. The van der Waals surface area contributed by atoms with Crippen LogP contribution in [0, 0.1) is 39.9 Å². The summed E-state index contributed by atoms with van der Waals surface area (Å²) in [5.41, 5.74) is 15.5. The molecule has 5 aliphatic rings. The van der Waals surface area contributed by atoms with E-state index in [-0.39, 0.29) is 30.1 Å². The lowest BCUT2D eigenvalue weighted by atomic mass is 9.52. The van der Waals surface area contributed by atoms with Crippen LogP contribution in [0.3, 0.4) is 0 Å². The van der Waals surface area contributed by atoms with Gasteiger partial charge in [-0.15, -0.1) is 23.1 Å². The number of nitriles is 1. The molecule has 11 nitrogen and oxygen atoms in total. The molecule has 6 bridgehead atoms. The molecule has 5 heterocycles. The second-order valence-electron chi connectivity index (χ2n) is 17.3. The highest BCUT2D eigenvalue weighted by Gasteiger charge is 2.60. The predicted octanol–water partition coefficient (Wildman–Crippen LogP) is 7.19. The van der Waals surface area contributed by atoms with Crippen molar-refractivity contribution in [2.75, 3.05) is 26.0 Å². The van der Waals surface area contributed by atoms with Crippen molar-refractivity contribution in [2.45, 2.75) is 103 Å². The number of fused-ring (bicyclic) bond motifs is 6. The van der Waals surface area contributed by atoms with E-state index >= 15 is 0 Å². The number of ketones is 1. The summed E-state index contributed by atoms with van der Waals surface area (Å²) in [6, 6.07) is 8.11. The van der Waals surface area contributed by atoms with E-state index in [4.69, 9.17) is 20.2 Å². The number of aromatic nitrogens is 2. The number of allylic oxidation sites excluding steroid dienone is 3. The minimum Gasteiger partial charge on any atom is -0.464 e. The number of aryl methyl sites for hydroxylation is 1. The first-order valence-corrected chi connectivity index (χ1v) is 22.4. The zero-order valence-corrected chi connectivity index (χ0v) is 35.3. The SMILES string of the molecule is CC/C=C\C(=C(/N)[C@@]1(OC)CS1)c1c2c3cc(ccc3n1CC)-c1csc(n1)C[C@@]1(CCC1C(=O)C1CCC1C#N)C(=O)N1CCCC(N1)C(=O)OCC(C)(C)C2. The number of Topliss-reactive ketones (excluding diaryl/α,β-unsaturated/α-hetero) is 1. The molecule has 8 rings (SSSR count). The van der Waals surface area contributed by atoms with Crippen LogP contribution in [0.4, 0.5) is 0 Å². The van der Waals surface area contributed by atoms with E-state index in [1.807, 2.05) is 0 Å². The van der Waals surface area contributed by atoms with E-state index in [1.54, 1.807) is 23.9 Å². The molecule has 4 fully saturated rings. The van der Waals surface area contributed by atoms with Crippen molar-refractivity contribution >= 4 is 57.2 Å². The molecule has 302 valence electrons. The van der Waals surface area contributed by atoms with Crippen LogP contribution in [0.1, 0.15) is 88.9 Å². The molecular weight excluding hydrogens is 757 g/mol. The van der Waals surface area contributed by atoms with Crippen LogP contribution in [0.5, 0.6) is 0 Å². The molecule has 3 N–H and O–H groups in total. The Balaban J connectivity index is 1.27. The Kier molecular flexibility index (Phi) is 10.7. The second-order valence-corrected chi connectivity index (χ2v) is 19.5. The number of nitrogens with two attached hydrogens (primary N) is 1. The zero-order valence-electron chi connectivity index (χ0n) is 33.7. The summed E-state index contributed by atoms with van der Waals surface area (Å²) in [5, 5.41) is 15.2. The van der Waals surface area contributed by atoms with E-state index in [1.165, 1.54) is 11.3 Å². The minimum atomic E-state index is -1.01. The Morgan fingerprint density at radius 3 is 2.65 bits per heavy atom. The second kappa shape index (κ2) is 15.3. The zero-order chi connectivity index (χ0) is 40.3. The fourth-order valence-electron chi connectivity index (χ4n) is 9.49. The number of esters is 1. The van der Waals surface area contributed by atoms with Crippen molar-refractivity contribution in [3.05, 3.63) is 57.7 Å². The van der Waals surface area contributed by atoms with E-state index in [9.17, 15) is 19.6 Å².